The van der Waals surface area contributed by atoms with Gasteiger partial charge in [0.15, 0.2) is 6.29 Å². The van der Waals surface area contributed by atoms with Gasteiger partial charge in [0.2, 0.25) is 0 Å². The quantitative estimate of drug-likeness (QED) is 0.0747. The van der Waals surface area contributed by atoms with Crippen LogP contribution in [-0.4, -0.2) is 71.5 Å². The van der Waals surface area contributed by atoms with Crippen LogP contribution in [0.5, 0.6) is 0 Å². The standard InChI is InChI=1S/C33H68N2O3S/c1-7-10-13-16-17-18-19-22-27-35(33(37)39-29-30(4)34(5)6)28-23-26-32(36)38-31(24-20-14-11-8-2)25-21-15-12-9-3/h30-32,36H,7-29H2,1-6H3. The molecule has 2 atom stereocenters. The van der Waals surface area contributed by atoms with Gasteiger partial charge in [-0.15, -0.1) is 0 Å². The summed E-state index contributed by atoms with van der Waals surface area (Å²) in [7, 11) is 4.13. The number of amides is 1. The van der Waals surface area contributed by atoms with Gasteiger partial charge in [0, 0.05) is 24.9 Å². The summed E-state index contributed by atoms with van der Waals surface area (Å²) in [5, 5.41) is 10.9. The number of thioether (sulfide) groups is 1. The van der Waals surface area contributed by atoms with Crippen LogP contribution >= 0.6 is 11.8 Å². The number of aliphatic hydroxyl groups excluding tert-OH is 1. The number of aliphatic hydroxyl groups is 1. The number of carbonyl (C=O) groups excluding carboxylic acids is 1. The minimum Gasteiger partial charge on any atom is -0.368 e. The molecule has 5 nitrogen and oxygen atoms in total. The molecule has 0 rings (SSSR count). The van der Waals surface area contributed by atoms with Gasteiger partial charge in [-0.3, -0.25) is 4.79 Å². The minimum atomic E-state index is -0.728. The van der Waals surface area contributed by atoms with E-state index in [1.807, 2.05) is 4.90 Å². The summed E-state index contributed by atoms with van der Waals surface area (Å²) in [6, 6.07) is 0.366. The maximum absolute atomic E-state index is 13.1. The Labute approximate surface area is 248 Å². The number of nitrogens with zero attached hydrogens (tertiary/aromatic N) is 2. The molecule has 1 N–H and O–H groups in total. The molecule has 0 saturated carbocycles. The lowest BCUT2D eigenvalue weighted by Crippen LogP contribution is -2.33. The topological polar surface area (TPSA) is 53.0 Å². The molecular weight excluding hydrogens is 504 g/mol. The van der Waals surface area contributed by atoms with Crippen LogP contribution in [-0.2, 0) is 4.74 Å². The number of unbranched alkanes of at least 4 members (excludes halogenated alkanes) is 13. The fourth-order valence-electron chi connectivity index (χ4n) is 4.79. The largest absolute Gasteiger partial charge is 0.368 e. The normalized spacial score (nSPS) is 13.4. The van der Waals surface area contributed by atoms with Crippen LogP contribution < -0.4 is 0 Å². The average molecular weight is 573 g/mol. The van der Waals surface area contributed by atoms with Crippen molar-refractivity contribution in [2.24, 2.45) is 0 Å². The summed E-state index contributed by atoms with van der Waals surface area (Å²) in [4.78, 5) is 17.3. The third-order valence-electron chi connectivity index (χ3n) is 7.86. The molecule has 0 aliphatic heterocycles. The lowest BCUT2D eigenvalue weighted by molar-refractivity contribution is -0.144. The van der Waals surface area contributed by atoms with Gasteiger partial charge in [0.25, 0.3) is 5.24 Å². The Morgan fingerprint density at radius 2 is 1.15 bits per heavy atom. The summed E-state index contributed by atoms with van der Waals surface area (Å²) in [5.41, 5.74) is 0. The molecule has 0 bridgehead atoms. The number of hydrogen-bond donors (Lipinski definition) is 1. The summed E-state index contributed by atoms with van der Waals surface area (Å²) < 4.78 is 6.15. The highest BCUT2D eigenvalue weighted by Crippen LogP contribution is 2.19. The second-order valence-corrected chi connectivity index (χ2v) is 12.9. The van der Waals surface area contributed by atoms with Gasteiger partial charge in [-0.1, -0.05) is 129 Å². The van der Waals surface area contributed by atoms with Crippen molar-refractivity contribution in [2.45, 2.75) is 175 Å². The first-order valence-electron chi connectivity index (χ1n) is 16.8. The van der Waals surface area contributed by atoms with Crippen molar-refractivity contribution in [3.63, 3.8) is 0 Å². The van der Waals surface area contributed by atoms with Crippen LogP contribution in [0.3, 0.4) is 0 Å². The number of carbonyl (C=O) groups is 1. The molecule has 39 heavy (non-hydrogen) atoms. The Morgan fingerprint density at radius 1 is 0.692 bits per heavy atom. The maximum atomic E-state index is 13.1. The highest BCUT2D eigenvalue weighted by Gasteiger charge is 2.18. The summed E-state index contributed by atoms with van der Waals surface area (Å²) >= 11 is 1.45. The molecule has 1 amide bonds. The van der Waals surface area contributed by atoms with Gasteiger partial charge in [0.1, 0.15) is 0 Å². The molecule has 0 aromatic rings. The highest BCUT2D eigenvalue weighted by molar-refractivity contribution is 8.13. The molecule has 0 saturated heterocycles. The summed E-state index contributed by atoms with van der Waals surface area (Å²) in [6.07, 6.45) is 23.0. The van der Waals surface area contributed by atoms with Crippen molar-refractivity contribution in [2.75, 3.05) is 32.9 Å². The third-order valence-corrected chi connectivity index (χ3v) is 9.01. The van der Waals surface area contributed by atoms with E-state index >= 15 is 0 Å². The van der Waals surface area contributed by atoms with Gasteiger partial charge in [0.05, 0.1) is 6.10 Å². The van der Waals surface area contributed by atoms with Crippen LogP contribution in [0.1, 0.15) is 156 Å². The van der Waals surface area contributed by atoms with E-state index in [0.717, 1.165) is 38.0 Å². The predicted molar refractivity (Wildman–Crippen MR) is 173 cm³/mol. The first-order chi connectivity index (χ1) is 18.8. The zero-order chi connectivity index (χ0) is 29.1. The Balaban J connectivity index is 4.66. The van der Waals surface area contributed by atoms with Crippen molar-refractivity contribution in [1.82, 2.24) is 9.80 Å². The van der Waals surface area contributed by atoms with Gasteiger partial charge in [-0.2, -0.15) is 0 Å². The molecule has 2 unspecified atom stereocenters. The van der Waals surface area contributed by atoms with E-state index in [1.54, 1.807) is 0 Å². The monoisotopic (exact) mass is 572 g/mol. The molecule has 0 aromatic heterocycles. The zero-order valence-corrected chi connectivity index (χ0v) is 27.9. The Hall–Kier alpha value is -0.300. The van der Waals surface area contributed by atoms with Crippen molar-refractivity contribution < 1.29 is 14.6 Å². The summed E-state index contributed by atoms with van der Waals surface area (Å²) in [5.74, 6) is 0.809. The Morgan fingerprint density at radius 3 is 1.67 bits per heavy atom. The van der Waals surface area contributed by atoms with Crippen molar-refractivity contribution in [3.8, 4) is 0 Å². The lowest BCUT2D eigenvalue weighted by Gasteiger charge is -2.26. The van der Waals surface area contributed by atoms with Crippen LogP contribution in [0, 0.1) is 0 Å². The Kier molecular flexibility index (Phi) is 27.6. The molecule has 0 heterocycles. The third kappa shape index (κ3) is 24.0. The van der Waals surface area contributed by atoms with Crippen LogP contribution in [0.15, 0.2) is 0 Å². The van der Waals surface area contributed by atoms with E-state index in [1.165, 1.54) is 108 Å². The fraction of sp³-hybridized carbons (Fsp3) is 0.970. The van der Waals surface area contributed by atoms with E-state index in [9.17, 15) is 9.90 Å². The van der Waals surface area contributed by atoms with Crippen molar-refractivity contribution >= 4 is 17.0 Å². The minimum absolute atomic E-state index is 0.159. The fourth-order valence-corrected chi connectivity index (χ4v) is 5.84. The van der Waals surface area contributed by atoms with E-state index in [0.29, 0.717) is 19.0 Å². The van der Waals surface area contributed by atoms with Crippen molar-refractivity contribution in [3.05, 3.63) is 0 Å². The second kappa shape index (κ2) is 27.8. The van der Waals surface area contributed by atoms with Gasteiger partial charge in [-0.05, 0) is 53.1 Å². The number of rotatable bonds is 28. The predicted octanol–water partition coefficient (Wildman–Crippen LogP) is 9.66. The van der Waals surface area contributed by atoms with Crippen LogP contribution in [0.4, 0.5) is 4.79 Å². The second-order valence-electron chi connectivity index (χ2n) is 11.9. The SMILES string of the molecule is CCCCCCCCCCN(CCCC(O)OC(CCCCCC)CCCCCC)C(=O)SCC(C)N(C)C. The molecule has 6 heteroatoms. The maximum Gasteiger partial charge on any atom is 0.281 e. The molecule has 0 spiro atoms. The Bertz CT molecular complexity index is 523. The molecule has 0 aromatic carbocycles. The molecule has 234 valence electrons. The molecule has 0 aliphatic carbocycles. The molecule has 0 aliphatic rings. The molecule has 0 fully saturated rings. The van der Waals surface area contributed by atoms with Crippen LogP contribution in [0.25, 0.3) is 0 Å². The van der Waals surface area contributed by atoms with Gasteiger partial charge >= 0.3 is 0 Å². The number of ether oxygens (including phenoxy) is 1. The smallest absolute Gasteiger partial charge is 0.281 e. The van der Waals surface area contributed by atoms with Crippen LogP contribution in [0.2, 0.25) is 0 Å². The van der Waals surface area contributed by atoms with E-state index in [4.69, 9.17) is 4.74 Å². The lowest BCUT2D eigenvalue weighted by atomic mass is 10.0. The van der Waals surface area contributed by atoms with E-state index in [2.05, 4.69) is 46.7 Å². The van der Waals surface area contributed by atoms with Gasteiger partial charge < -0.3 is 19.6 Å². The molecular formula is C33H68N2O3S. The highest BCUT2D eigenvalue weighted by atomic mass is 32.2. The van der Waals surface area contributed by atoms with Crippen molar-refractivity contribution in [1.29, 1.82) is 0 Å². The first kappa shape index (κ1) is 38.7. The summed E-state index contributed by atoms with van der Waals surface area (Å²) in [6.45, 7) is 10.4. The zero-order valence-electron chi connectivity index (χ0n) is 27.1. The number of hydrogen-bond acceptors (Lipinski definition) is 5. The molecule has 0 radical (unpaired) electrons. The van der Waals surface area contributed by atoms with E-state index < -0.39 is 6.29 Å². The van der Waals surface area contributed by atoms with Gasteiger partial charge in [-0.25, -0.2) is 0 Å². The first-order valence-corrected chi connectivity index (χ1v) is 17.8. The van der Waals surface area contributed by atoms with E-state index in [-0.39, 0.29) is 11.3 Å². The average Bonchev–Trinajstić information content (AvgIpc) is 2.91.